The number of nitrogens with zero attached hydrogens (tertiary/aromatic N) is 4. The zero-order chi connectivity index (χ0) is 17.4. The van der Waals surface area contributed by atoms with Gasteiger partial charge in [0.1, 0.15) is 18.3 Å². The van der Waals surface area contributed by atoms with Crippen LogP contribution in [0.1, 0.15) is 25.5 Å². The summed E-state index contributed by atoms with van der Waals surface area (Å²) in [7, 11) is 0. The van der Waals surface area contributed by atoms with Crippen LogP contribution >= 0.6 is 11.3 Å². The van der Waals surface area contributed by atoms with E-state index in [0.717, 1.165) is 22.2 Å². The largest absolute Gasteiger partial charge is 0.319 e. The molecule has 0 radical (unpaired) electrons. The topological polar surface area (TPSA) is 76.5 Å². The second-order valence-electron chi connectivity index (χ2n) is 6.27. The third-order valence-electron chi connectivity index (χ3n) is 4.21. The maximum absolute atomic E-state index is 12.3. The molecule has 0 saturated heterocycles. The molecule has 1 aromatic carbocycles. The van der Waals surface area contributed by atoms with Gasteiger partial charge >= 0.3 is 0 Å². The summed E-state index contributed by atoms with van der Waals surface area (Å²) in [6.45, 7) is 4.29. The van der Waals surface area contributed by atoms with E-state index in [4.69, 9.17) is 0 Å². The molecule has 4 aromatic rings. The van der Waals surface area contributed by atoms with Crippen LogP contribution < -0.4 is 5.56 Å². The van der Waals surface area contributed by atoms with Gasteiger partial charge < -0.3 is 4.98 Å². The van der Waals surface area contributed by atoms with Gasteiger partial charge in [0.2, 0.25) is 0 Å². The van der Waals surface area contributed by atoms with E-state index in [1.807, 2.05) is 39.7 Å². The fourth-order valence-electron chi connectivity index (χ4n) is 3.08. The Balaban J connectivity index is 1.87. The first kappa shape index (κ1) is 15.7. The van der Waals surface area contributed by atoms with Crippen LogP contribution in [0, 0.1) is 5.92 Å². The quantitative estimate of drug-likeness (QED) is 0.610. The molecule has 0 bridgehead atoms. The molecule has 4 rings (SSSR count). The van der Waals surface area contributed by atoms with Gasteiger partial charge in [-0.3, -0.25) is 4.79 Å². The molecule has 1 atom stereocenters. The lowest BCUT2D eigenvalue weighted by Crippen LogP contribution is -2.18. The highest BCUT2D eigenvalue weighted by Gasteiger charge is 2.19. The third kappa shape index (κ3) is 2.87. The van der Waals surface area contributed by atoms with Crippen molar-refractivity contribution in [3.63, 3.8) is 0 Å². The van der Waals surface area contributed by atoms with Crippen molar-refractivity contribution in [1.29, 1.82) is 0 Å². The second kappa shape index (κ2) is 6.25. The standard InChI is InChI=1S/C18H17N5OS/c1-11(2)17(23-10-19-9-20-23)12-3-4-14-15(7-12)21-16(18(24)22-14)13-5-6-25-8-13/h3-11,17H,1-2H3,(H,22,24). The summed E-state index contributed by atoms with van der Waals surface area (Å²) in [5.74, 6) is 0.332. The van der Waals surface area contributed by atoms with Crippen molar-refractivity contribution in [1.82, 2.24) is 24.7 Å². The number of aromatic amines is 1. The number of nitrogens with one attached hydrogen (secondary N) is 1. The fraction of sp³-hybridized carbons (Fsp3) is 0.222. The van der Waals surface area contributed by atoms with Crippen molar-refractivity contribution >= 4 is 22.4 Å². The SMILES string of the molecule is CC(C)C(c1ccc2[nH]c(=O)c(-c3ccsc3)nc2c1)n1cncn1. The third-order valence-corrected chi connectivity index (χ3v) is 4.89. The highest BCUT2D eigenvalue weighted by molar-refractivity contribution is 7.08. The van der Waals surface area contributed by atoms with Crippen LogP contribution in [0.4, 0.5) is 0 Å². The molecular formula is C18H17N5OS. The Kier molecular flexibility index (Phi) is 3.93. The lowest BCUT2D eigenvalue weighted by molar-refractivity contribution is 0.402. The summed E-state index contributed by atoms with van der Waals surface area (Å²) < 4.78 is 1.86. The number of H-pyrrole nitrogens is 1. The molecule has 0 amide bonds. The Morgan fingerprint density at radius 3 is 2.80 bits per heavy atom. The molecule has 0 aliphatic heterocycles. The molecule has 0 aliphatic carbocycles. The Morgan fingerprint density at radius 1 is 1.24 bits per heavy atom. The van der Waals surface area contributed by atoms with E-state index in [1.165, 1.54) is 0 Å². The number of hydrogen-bond donors (Lipinski definition) is 1. The number of thiophene rings is 1. The zero-order valence-corrected chi connectivity index (χ0v) is 14.7. The Hall–Kier alpha value is -2.80. The van der Waals surface area contributed by atoms with Gasteiger partial charge in [-0.2, -0.15) is 16.4 Å². The summed E-state index contributed by atoms with van der Waals surface area (Å²) in [6, 6.07) is 7.90. The van der Waals surface area contributed by atoms with Crippen LogP contribution in [0.2, 0.25) is 0 Å². The fourth-order valence-corrected chi connectivity index (χ4v) is 3.72. The van der Waals surface area contributed by atoms with E-state index in [0.29, 0.717) is 11.6 Å². The van der Waals surface area contributed by atoms with Crippen molar-refractivity contribution in [2.75, 3.05) is 0 Å². The van der Waals surface area contributed by atoms with Crippen LogP contribution in [0.5, 0.6) is 0 Å². The van der Waals surface area contributed by atoms with E-state index >= 15 is 0 Å². The molecule has 0 saturated carbocycles. The van der Waals surface area contributed by atoms with Crippen LogP contribution in [0.3, 0.4) is 0 Å². The summed E-state index contributed by atoms with van der Waals surface area (Å²) in [4.78, 5) is 23.9. The van der Waals surface area contributed by atoms with Crippen molar-refractivity contribution < 1.29 is 0 Å². The molecule has 0 spiro atoms. The van der Waals surface area contributed by atoms with Crippen LogP contribution in [0.15, 0.2) is 52.5 Å². The number of hydrogen-bond acceptors (Lipinski definition) is 5. The molecule has 0 fully saturated rings. The molecule has 126 valence electrons. The number of fused-ring (bicyclic) bond motifs is 1. The molecule has 3 heterocycles. The predicted molar refractivity (Wildman–Crippen MR) is 98.7 cm³/mol. The lowest BCUT2D eigenvalue weighted by Gasteiger charge is -2.21. The van der Waals surface area contributed by atoms with Crippen molar-refractivity contribution in [3.05, 3.63) is 63.6 Å². The first-order valence-corrected chi connectivity index (χ1v) is 8.98. The lowest BCUT2D eigenvalue weighted by atomic mass is 9.96. The van der Waals surface area contributed by atoms with Gasteiger partial charge in [0.25, 0.3) is 5.56 Å². The smallest absolute Gasteiger partial charge is 0.274 e. The van der Waals surface area contributed by atoms with Crippen molar-refractivity contribution in [3.8, 4) is 11.3 Å². The van der Waals surface area contributed by atoms with Crippen molar-refractivity contribution in [2.24, 2.45) is 5.92 Å². The highest BCUT2D eigenvalue weighted by atomic mass is 32.1. The minimum absolute atomic E-state index is 0.0604. The van der Waals surface area contributed by atoms with E-state index in [-0.39, 0.29) is 11.6 Å². The molecule has 25 heavy (non-hydrogen) atoms. The van der Waals surface area contributed by atoms with E-state index in [1.54, 1.807) is 24.0 Å². The molecule has 7 heteroatoms. The molecular weight excluding hydrogens is 334 g/mol. The Morgan fingerprint density at radius 2 is 2.12 bits per heavy atom. The highest BCUT2D eigenvalue weighted by Crippen LogP contribution is 2.28. The van der Waals surface area contributed by atoms with Gasteiger partial charge in [0.05, 0.1) is 17.1 Å². The number of benzene rings is 1. The predicted octanol–water partition coefficient (Wildman–Crippen LogP) is 3.49. The maximum Gasteiger partial charge on any atom is 0.274 e. The Bertz CT molecular complexity index is 1050. The van der Waals surface area contributed by atoms with Gasteiger partial charge in [-0.1, -0.05) is 19.9 Å². The van der Waals surface area contributed by atoms with Crippen LogP contribution in [0.25, 0.3) is 22.3 Å². The number of aromatic nitrogens is 5. The summed E-state index contributed by atoms with van der Waals surface area (Å²) in [5.41, 5.74) is 3.71. The summed E-state index contributed by atoms with van der Waals surface area (Å²) >= 11 is 1.55. The molecule has 3 aromatic heterocycles. The van der Waals surface area contributed by atoms with E-state index in [2.05, 4.69) is 33.9 Å². The zero-order valence-electron chi connectivity index (χ0n) is 13.9. The van der Waals surface area contributed by atoms with Crippen LogP contribution in [-0.4, -0.2) is 24.7 Å². The minimum Gasteiger partial charge on any atom is -0.319 e. The first-order chi connectivity index (χ1) is 12.1. The molecule has 6 nitrogen and oxygen atoms in total. The monoisotopic (exact) mass is 351 g/mol. The van der Waals surface area contributed by atoms with Crippen LogP contribution in [-0.2, 0) is 0 Å². The minimum atomic E-state index is -0.171. The van der Waals surface area contributed by atoms with Crippen molar-refractivity contribution in [2.45, 2.75) is 19.9 Å². The average Bonchev–Trinajstić information content (AvgIpc) is 3.28. The summed E-state index contributed by atoms with van der Waals surface area (Å²) in [6.07, 6.45) is 3.27. The normalized spacial score (nSPS) is 12.8. The van der Waals surface area contributed by atoms with Gasteiger partial charge in [-0.25, -0.2) is 14.6 Å². The Labute approximate surface area is 148 Å². The van der Waals surface area contributed by atoms with E-state index in [9.17, 15) is 4.79 Å². The maximum atomic E-state index is 12.3. The second-order valence-corrected chi connectivity index (χ2v) is 7.05. The first-order valence-electron chi connectivity index (χ1n) is 8.04. The molecule has 1 N–H and O–H groups in total. The van der Waals surface area contributed by atoms with Gasteiger partial charge in [0.15, 0.2) is 0 Å². The molecule has 1 unspecified atom stereocenters. The van der Waals surface area contributed by atoms with Gasteiger partial charge in [-0.05, 0) is 35.1 Å². The average molecular weight is 351 g/mol. The number of rotatable bonds is 4. The van der Waals surface area contributed by atoms with Gasteiger partial charge in [-0.15, -0.1) is 0 Å². The van der Waals surface area contributed by atoms with Gasteiger partial charge in [0, 0.05) is 10.9 Å². The summed E-state index contributed by atoms with van der Waals surface area (Å²) in [5, 5.41) is 8.17. The molecule has 0 aliphatic rings. The van der Waals surface area contributed by atoms with E-state index < -0.39 is 0 Å².